The minimum atomic E-state index is -3.32. The van der Waals surface area contributed by atoms with Crippen molar-refractivity contribution in [3.05, 3.63) is 0 Å². The van der Waals surface area contributed by atoms with E-state index in [4.69, 9.17) is 5.14 Å². The van der Waals surface area contributed by atoms with Gasteiger partial charge in [0.15, 0.2) is 0 Å². The maximum Gasteiger partial charge on any atom is 0.209 e. The second-order valence-corrected chi connectivity index (χ2v) is 5.37. The molecule has 0 saturated carbocycles. The van der Waals surface area contributed by atoms with Gasteiger partial charge in [-0.2, -0.15) is 0 Å². The zero-order chi connectivity index (χ0) is 13.8. The Morgan fingerprint density at radius 2 is 1.56 bits per heavy atom. The molecule has 0 bridgehead atoms. The first-order valence-corrected chi connectivity index (χ1v) is 6.98. The SMILES string of the molecule is C#C.CC.CC(C)(O)CCCCS(N)(=O)=O. The number of primary sulfonamides is 1. The van der Waals surface area contributed by atoms with Crippen molar-refractivity contribution in [1.29, 1.82) is 0 Å². The summed E-state index contributed by atoms with van der Waals surface area (Å²) in [4.78, 5) is 0. The first-order chi connectivity index (χ1) is 7.21. The van der Waals surface area contributed by atoms with Gasteiger partial charge in [-0.25, -0.2) is 13.6 Å². The van der Waals surface area contributed by atoms with E-state index in [1.165, 1.54) is 0 Å². The molecule has 0 fully saturated rings. The van der Waals surface area contributed by atoms with Crippen LogP contribution in [-0.2, 0) is 10.0 Å². The molecule has 0 spiro atoms. The lowest BCUT2D eigenvalue weighted by Gasteiger charge is -2.15. The minimum absolute atomic E-state index is 0.00306. The summed E-state index contributed by atoms with van der Waals surface area (Å²) < 4.78 is 20.9. The number of hydrogen-bond acceptors (Lipinski definition) is 3. The standard InChI is InChI=1S/C7H17NO3S.C2H6.C2H2/c1-7(2,9)5-3-4-6-12(8,10)11;2*1-2/h9H,3-6H2,1-2H3,(H2,8,10,11);1-2H3;1-2H. The summed E-state index contributed by atoms with van der Waals surface area (Å²) in [6.07, 6.45) is 9.80. The lowest BCUT2D eigenvalue weighted by atomic mass is 10.0. The molecule has 16 heavy (non-hydrogen) atoms. The van der Waals surface area contributed by atoms with E-state index in [-0.39, 0.29) is 5.75 Å². The van der Waals surface area contributed by atoms with Crippen molar-refractivity contribution in [3.8, 4) is 12.8 Å². The van der Waals surface area contributed by atoms with E-state index in [0.29, 0.717) is 19.3 Å². The number of sulfonamides is 1. The number of hydrogen-bond donors (Lipinski definition) is 2. The van der Waals surface area contributed by atoms with Crippen LogP contribution in [0, 0.1) is 12.8 Å². The second kappa shape index (κ2) is 10.9. The highest BCUT2D eigenvalue weighted by Gasteiger charge is 2.12. The molecule has 0 amide bonds. The molecule has 0 saturated heterocycles. The van der Waals surface area contributed by atoms with Crippen LogP contribution >= 0.6 is 0 Å². The maximum absolute atomic E-state index is 10.5. The summed E-state index contributed by atoms with van der Waals surface area (Å²) in [5, 5.41) is 14.1. The fourth-order valence-electron chi connectivity index (χ4n) is 0.861. The van der Waals surface area contributed by atoms with Crippen LogP contribution in [-0.4, -0.2) is 24.9 Å². The lowest BCUT2D eigenvalue weighted by molar-refractivity contribution is 0.0686. The molecule has 98 valence electrons. The molecular weight excluding hydrogens is 226 g/mol. The normalized spacial score (nSPS) is 10.5. The summed E-state index contributed by atoms with van der Waals surface area (Å²) in [7, 11) is -3.32. The van der Waals surface area contributed by atoms with Crippen LogP contribution in [0.4, 0.5) is 0 Å². The third kappa shape index (κ3) is 29.2. The van der Waals surface area contributed by atoms with Gasteiger partial charge in [0, 0.05) is 0 Å². The molecule has 0 heterocycles. The molecule has 0 aliphatic carbocycles. The quantitative estimate of drug-likeness (QED) is 0.574. The highest BCUT2D eigenvalue weighted by Crippen LogP contribution is 2.11. The van der Waals surface area contributed by atoms with Crippen molar-refractivity contribution < 1.29 is 13.5 Å². The number of terminal acetylenes is 1. The van der Waals surface area contributed by atoms with Gasteiger partial charge in [-0.1, -0.05) is 13.8 Å². The molecule has 0 aromatic carbocycles. The van der Waals surface area contributed by atoms with Gasteiger partial charge >= 0.3 is 0 Å². The van der Waals surface area contributed by atoms with E-state index in [0.717, 1.165) is 0 Å². The van der Waals surface area contributed by atoms with Crippen molar-refractivity contribution in [3.63, 3.8) is 0 Å². The average Bonchev–Trinajstić information content (AvgIpc) is 2.16. The molecule has 0 rings (SSSR count). The van der Waals surface area contributed by atoms with Crippen LogP contribution in [0.2, 0.25) is 0 Å². The molecule has 3 N–H and O–H groups in total. The molecular formula is C11H25NO3S. The smallest absolute Gasteiger partial charge is 0.209 e. The molecule has 0 aromatic heterocycles. The Hall–Kier alpha value is -0.570. The van der Waals surface area contributed by atoms with E-state index < -0.39 is 15.6 Å². The van der Waals surface area contributed by atoms with E-state index in [2.05, 4.69) is 12.8 Å². The average molecular weight is 251 g/mol. The Balaban J connectivity index is -0.000000376. The Kier molecular flexibility index (Phi) is 14.2. The van der Waals surface area contributed by atoms with Crippen LogP contribution in [0.3, 0.4) is 0 Å². The van der Waals surface area contributed by atoms with E-state index in [9.17, 15) is 13.5 Å². The van der Waals surface area contributed by atoms with E-state index in [1.807, 2.05) is 13.8 Å². The molecule has 0 atom stereocenters. The fourth-order valence-corrected chi connectivity index (χ4v) is 1.47. The fraction of sp³-hybridized carbons (Fsp3) is 0.818. The number of rotatable bonds is 5. The van der Waals surface area contributed by atoms with Crippen LogP contribution in [0.5, 0.6) is 0 Å². The van der Waals surface area contributed by atoms with Gasteiger partial charge in [0.1, 0.15) is 0 Å². The highest BCUT2D eigenvalue weighted by atomic mass is 32.2. The van der Waals surface area contributed by atoms with Crippen LogP contribution in [0.15, 0.2) is 0 Å². The Morgan fingerprint density at radius 3 is 1.81 bits per heavy atom. The summed E-state index contributed by atoms with van der Waals surface area (Å²) >= 11 is 0. The number of aliphatic hydroxyl groups is 1. The number of nitrogens with two attached hydrogens (primary N) is 1. The molecule has 0 aliphatic rings. The highest BCUT2D eigenvalue weighted by molar-refractivity contribution is 7.89. The maximum atomic E-state index is 10.5. The van der Waals surface area contributed by atoms with Gasteiger partial charge in [-0.3, -0.25) is 0 Å². The van der Waals surface area contributed by atoms with Crippen molar-refractivity contribution in [2.24, 2.45) is 5.14 Å². The molecule has 4 nitrogen and oxygen atoms in total. The van der Waals surface area contributed by atoms with E-state index >= 15 is 0 Å². The molecule has 0 unspecified atom stereocenters. The summed E-state index contributed by atoms with van der Waals surface area (Å²) in [6, 6.07) is 0. The molecule has 0 radical (unpaired) electrons. The van der Waals surface area contributed by atoms with Crippen molar-refractivity contribution in [2.75, 3.05) is 5.75 Å². The third-order valence-electron chi connectivity index (χ3n) is 1.47. The number of unbranched alkanes of at least 4 members (excludes halogenated alkanes) is 1. The topological polar surface area (TPSA) is 80.4 Å². The first-order valence-electron chi connectivity index (χ1n) is 5.27. The largest absolute Gasteiger partial charge is 0.390 e. The second-order valence-electron chi connectivity index (χ2n) is 3.64. The van der Waals surface area contributed by atoms with Crippen LogP contribution in [0.25, 0.3) is 0 Å². The monoisotopic (exact) mass is 251 g/mol. The summed E-state index contributed by atoms with van der Waals surface area (Å²) in [6.45, 7) is 7.40. The van der Waals surface area contributed by atoms with Crippen molar-refractivity contribution in [2.45, 2.75) is 52.6 Å². The van der Waals surface area contributed by atoms with Gasteiger partial charge in [-0.05, 0) is 33.1 Å². The third-order valence-corrected chi connectivity index (χ3v) is 2.33. The summed E-state index contributed by atoms with van der Waals surface area (Å²) in [5.74, 6) is 0.00306. The Bertz CT molecular complexity index is 250. The van der Waals surface area contributed by atoms with E-state index in [1.54, 1.807) is 13.8 Å². The minimum Gasteiger partial charge on any atom is -0.390 e. The predicted molar refractivity (Wildman–Crippen MR) is 69.4 cm³/mol. The van der Waals surface area contributed by atoms with Gasteiger partial charge < -0.3 is 5.11 Å². The summed E-state index contributed by atoms with van der Waals surface area (Å²) in [5.41, 5.74) is -0.710. The van der Waals surface area contributed by atoms with Gasteiger partial charge in [0.05, 0.1) is 11.4 Å². The van der Waals surface area contributed by atoms with Crippen molar-refractivity contribution >= 4 is 10.0 Å². The lowest BCUT2D eigenvalue weighted by Crippen LogP contribution is -2.20. The zero-order valence-corrected chi connectivity index (χ0v) is 11.5. The predicted octanol–water partition coefficient (Wildman–Crippen LogP) is 1.49. The van der Waals surface area contributed by atoms with Gasteiger partial charge in [0.2, 0.25) is 10.0 Å². The van der Waals surface area contributed by atoms with Crippen LogP contribution < -0.4 is 5.14 Å². The first kappa shape index (κ1) is 20.8. The van der Waals surface area contributed by atoms with Gasteiger partial charge in [-0.15, -0.1) is 12.8 Å². The zero-order valence-electron chi connectivity index (χ0n) is 10.7. The Labute approximate surface area is 100 Å². The van der Waals surface area contributed by atoms with Crippen LogP contribution in [0.1, 0.15) is 47.0 Å². The Morgan fingerprint density at radius 1 is 1.19 bits per heavy atom. The molecule has 5 heteroatoms. The van der Waals surface area contributed by atoms with Crippen molar-refractivity contribution in [1.82, 2.24) is 0 Å². The molecule has 0 aromatic rings. The van der Waals surface area contributed by atoms with Gasteiger partial charge in [0.25, 0.3) is 0 Å². The molecule has 0 aliphatic heterocycles.